The minimum Gasteiger partial charge on any atom is -0.391 e. The van der Waals surface area contributed by atoms with Crippen LogP contribution >= 0.6 is 11.6 Å². The van der Waals surface area contributed by atoms with Crippen molar-refractivity contribution in [3.8, 4) is 22.8 Å². The first-order valence-electron chi connectivity index (χ1n) is 8.98. The third-order valence-electron chi connectivity index (χ3n) is 4.67. The molecule has 1 aromatic heterocycles. The van der Waals surface area contributed by atoms with Crippen LogP contribution in [0.1, 0.15) is 12.0 Å². The molecule has 0 aliphatic carbocycles. The molecule has 0 spiro atoms. The number of halogens is 1. The summed E-state index contributed by atoms with van der Waals surface area (Å²) < 4.78 is 5.35. The van der Waals surface area contributed by atoms with Crippen molar-refractivity contribution >= 4 is 17.5 Å². The quantitative estimate of drug-likeness (QED) is 0.610. The average Bonchev–Trinajstić information content (AvgIpc) is 3.36. The van der Waals surface area contributed by atoms with Crippen LogP contribution in [0.3, 0.4) is 0 Å². The molecule has 1 aliphatic heterocycles. The molecular formula is C20H19ClN4O3. The molecule has 0 radical (unpaired) electrons. The van der Waals surface area contributed by atoms with E-state index >= 15 is 0 Å². The van der Waals surface area contributed by atoms with Crippen LogP contribution in [0.2, 0.25) is 5.02 Å². The van der Waals surface area contributed by atoms with E-state index in [1.807, 2.05) is 36.4 Å². The number of nitrogens with one attached hydrogen (secondary N) is 2. The van der Waals surface area contributed by atoms with Crippen molar-refractivity contribution < 1.29 is 14.4 Å². The molecule has 144 valence electrons. The summed E-state index contributed by atoms with van der Waals surface area (Å²) in [6.45, 7) is 1.03. The number of hydrogen-bond donors (Lipinski definition) is 3. The Bertz CT molecular complexity index is 956. The second-order valence-electron chi connectivity index (χ2n) is 6.63. The van der Waals surface area contributed by atoms with Gasteiger partial charge in [-0.1, -0.05) is 28.9 Å². The Labute approximate surface area is 166 Å². The van der Waals surface area contributed by atoms with Crippen molar-refractivity contribution in [1.29, 1.82) is 0 Å². The number of aliphatic hydroxyl groups excluding tert-OH is 1. The van der Waals surface area contributed by atoms with E-state index in [4.69, 9.17) is 16.1 Å². The highest BCUT2D eigenvalue weighted by atomic mass is 35.5. The summed E-state index contributed by atoms with van der Waals surface area (Å²) in [5.41, 5.74) is 2.54. The summed E-state index contributed by atoms with van der Waals surface area (Å²) >= 11 is 5.90. The van der Waals surface area contributed by atoms with Crippen molar-refractivity contribution in [1.82, 2.24) is 20.8 Å². The van der Waals surface area contributed by atoms with E-state index in [9.17, 15) is 9.90 Å². The number of aliphatic hydroxyl groups is 1. The number of amides is 1. The molecule has 28 heavy (non-hydrogen) atoms. The van der Waals surface area contributed by atoms with E-state index in [2.05, 4.69) is 20.8 Å². The van der Waals surface area contributed by atoms with E-state index in [1.165, 1.54) is 0 Å². The summed E-state index contributed by atoms with van der Waals surface area (Å²) in [6, 6.07) is 14.2. The van der Waals surface area contributed by atoms with Crippen LogP contribution < -0.4 is 10.6 Å². The van der Waals surface area contributed by atoms with Crippen LogP contribution in [0.4, 0.5) is 0 Å². The van der Waals surface area contributed by atoms with E-state index in [-0.39, 0.29) is 5.91 Å². The summed E-state index contributed by atoms with van der Waals surface area (Å²) in [5.74, 6) is 0.711. The summed E-state index contributed by atoms with van der Waals surface area (Å²) in [7, 11) is 0. The molecule has 8 heteroatoms. The molecule has 3 N–H and O–H groups in total. The number of hydrogen-bond acceptors (Lipinski definition) is 6. The van der Waals surface area contributed by atoms with E-state index in [0.29, 0.717) is 36.2 Å². The second kappa shape index (κ2) is 8.10. The first kappa shape index (κ1) is 18.6. The maximum atomic E-state index is 12.1. The normalized spacial score (nSPS) is 18.9. The van der Waals surface area contributed by atoms with Crippen molar-refractivity contribution in [3.63, 3.8) is 0 Å². The molecular weight excluding hydrogens is 380 g/mol. The Morgan fingerprint density at radius 1 is 1.18 bits per heavy atom. The highest BCUT2D eigenvalue weighted by Gasteiger charge is 2.30. The maximum Gasteiger partial charge on any atom is 0.258 e. The molecule has 1 amide bonds. The Morgan fingerprint density at radius 3 is 2.57 bits per heavy atom. The number of aromatic nitrogens is 2. The third kappa shape index (κ3) is 4.06. The lowest BCUT2D eigenvalue weighted by molar-refractivity contribution is -0.124. The summed E-state index contributed by atoms with van der Waals surface area (Å²) in [4.78, 5) is 16.5. The fourth-order valence-electron chi connectivity index (χ4n) is 3.08. The minimum absolute atomic E-state index is 0.196. The zero-order valence-electron chi connectivity index (χ0n) is 14.9. The molecule has 4 rings (SSSR count). The van der Waals surface area contributed by atoms with Crippen molar-refractivity contribution in [2.24, 2.45) is 0 Å². The van der Waals surface area contributed by atoms with Gasteiger partial charge in [-0.3, -0.25) is 4.79 Å². The average molecular weight is 399 g/mol. The van der Waals surface area contributed by atoms with Gasteiger partial charge in [0.15, 0.2) is 0 Å². The molecule has 2 atom stereocenters. The topological polar surface area (TPSA) is 100 Å². The molecule has 0 saturated carbocycles. The van der Waals surface area contributed by atoms with Gasteiger partial charge >= 0.3 is 0 Å². The molecule has 2 aromatic carbocycles. The van der Waals surface area contributed by atoms with Gasteiger partial charge in [-0.05, 0) is 54.9 Å². The molecule has 1 aliphatic rings. The fourth-order valence-corrected chi connectivity index (χ4v) is 3.20. The number of carbonyl (C=O) groups excluding carboxylic acids is 1. The molecule has 1 fully saturated rings. The van der Waals surface area contributed by atoms with Gasteiger partial charge < -0.3 is 20.3 Å². The van der Waals surface area contributed by atoms with Gasteiger partial charge in [-0.15, -0.1) is 0 Å². The lowest BCUT2D eigenvalue weighted by Gasteiger charge is -2.14. The number of rotatable bonds is 5. The Kier molecular flexibility index (Phi) is 5.38. The predicted octanol–water partition coefficient (Wildman–Crippen LogP) is 2.40. The lowest BCUT2D eigenvalue weighted by Crippen LogP contribution is -2.45. The Morgan fingerprint density at radius 2 is 1.89 bits per heavy atom. The maximum absolute atomic E-state index is 12.1. The first-order chi connectivity index (χ1) is 13.6. The van der Waals surface area contributed by atoms with Gasteiger partial charge in [-0.2, -0.15) is 4.98 Å². The van der Waals surface area contributed by atoms with E-state index in [1.54, 1.807) is 12.1 Å². The fraction of sp³-hybridized carbons (Fsp3) is 0.250. The van der Waals surface area contributed by atoms with Crippen LogP contribution in [0.5, 0.6) is 0 Å². The minimum atomic E-state index is -0.630. The molecule has 1 saturated heterocycles. The van der Waals surface area contributed by atoms with E-state index < -0.39 is 12.1 Å². The smallest absolute Gasteiger partial charge is 0.258 e. The van der Waals surface area contributed by atoms with Crippen LogP contribution in [-0.2, 0) is 11.3 Å². The SMILES string of the molecule is O=C(NCc1ccc(-c2nc(-c3ccc(Cl)cc3)no2)cc1)[C@H]1NCC[C@@H]1O. The monoisotopic (exact) mass is 398 g/mol. The van der Waals surface area contributed by atoms with Gasteiger partial charge in [-0.25, -0.2) is 0 Å². The number of carbonyl (C=O) groups is 1. The molecule has 2 heterocycles. The molecule has 0 bridgehead atoms. The Balaban J connectivity index is 1.39. The van der Waals surface area contributed by atoms with E-state index in [0.717, 1.165) is 16.7 Å². The van der Waals surface area contributed by atoms with Gasteiger partial charge in [0.1, 0.15) is 6.04 Å². The van der Waals surface area contributed by atoms with Crippen molar-refractivity contribution in [2.75, 3.05) is 6.54 Å². The Hall–Kier alpha value is -2.74. The third-order valence-corrected chi connectivity index (χ3v) is 4.92. The predicted molar refractivity (Wildman–Crippen MR) is 104 cm³/mol. The number of nitrogens with zero attached hydrogens (tertiary/aromatic N) is 2. The highest BCUT2D eigenvalue weighted by molar-refractivity contribution is 6.30. The molecule has 0 unspecified atom stereocenters. The summed E-state index contributed by atoms with van der Waals surface area (Å²) in [5, 5.41) is 20.3. The van der Waals surface area contributed by atoms with Gasteiger partial charge in [0.05, 0.1) is 6.10 Å². The van der Waals surface area contributed by atoms with Crippen LogP contribution in [0.25, 0.3) is 22.8 Å². The zero-order valence-corrected chi connectivity index (χ0v) is 15.7. The van der Waals surface area contributed by atoms with Crippen LogP contribution in [0.15, 0.2) is 53.1 Å². The second-order valence-corrected chi connectivity index (χ2v) is 7.07. The largest absolute Gasteiger partial charge is 0.391 e. The van der Waals surface area contributed by atoms with Crippen LogP contribution in [0, 0.1) is 0 Å². The standard InChI is InChI=1S/C20H19ClN4O3/c21-15-7-5-13(6-8-15)18-24-20(28-25-18)14-3-1-12(2-4-14)11-23-19(27)17-16(26)9-10-22-17/h1-8,16-17,22,26H,9-11H2,(H,23,27)/t16-,17-/m0/s1. The van der Waals surface area contributed by atoms with Crippen LogP contribution in [-0.4, -0.2) is 39.8 Å². The lowest BCUT2D eigenvalue weighted by atomic mass is 10.1. The van der Waals surface area contributed by atoms with Gasteiger partial charge in [0.2, 0.25) is 11.7 Å². The zero-order chi connectivity index (χ0) is 19.5. The van der Waals surface area contributed by atoms with Crippen molar-refractivity contribution in [3.05, 3.63) is 59.1 Å². The molecule has 3 aromatic rings. The highest BCUT2D eigenvalue weighted by Crippen LogP contribution is 2.23. The molecule has 7 nitrogen and oxygen atoms in total. The van der Waals surface area contributed by atoms with Crippen molar-refractivity contribution in [2.45, 2.75) is 25.1 Å². The van der Waals surface area contributed by atoms with Gasteiger partial charge in [0.25, 0.3) is 5.89 Å². The summed E-state index contributed by atoms with van der Waals surface area (Å²) in [6.07, 6.45) is -0.0376. The number of benzene rings is 2. The van der Waals surface area contributed by atoms with Gasteiger partial charge in [0, 0.05) is 22.7 Å². The first-order valence-corrected chi connectivity index (χ1v) is 9.36.